The first-order chi connectivity index (χ1) is 16.7. The fraction of sp³-hybridized carbons (Fsp3) is 0.192. The lowest BCUT2D eigenvalue weighted by molar-refractivity contribution is -0.117. The topological polar surface area (TPSA) is 99.3 Å². The lowest BCUT2D eigenvalue weighted by Gasteiger charge is -2.24. The summed E-state index contributed by atoms with van der Waals surface area (Å²) in [6.07, 6.45) is -0.426. The predicted octanol–water partition coefficient (Wildman–Crippen LogP) is 4.43. The fourth-order valence-electron chi connectivity index (χ4n) is 3.71. The van der Waals surface area contributed by atoms with Gasteiger partial charge in [0.05, 0.1) is 23.6 Å². The summed E-state index contributed by atoms with van der Waals surface area (Å²) in [6, 6.07) is 18.7. The molecule has 1 N–H and O–H groups in total. The van der Waals surface area contributed by atoms with Crippen molar-refractivity contribution in [2.24, 2.45) is 0 Å². The number of anilines is 1. The first-order valence-electron chi connectivity index (χ1n) is 10.9. The van der Waals surface area contributed by atoms with E-state index in [0.29, 0.717) is 11.5 Å². The number of hydrogen-bond donors (Lipinski definition) is 1. The highest BCUT2D eigenvalue weighted by molar-refractivity contribution is 6.34. The maximum atomic E-state index is 13.4. The summed E-state index contributed by atoms with van der Waals surface area (Å²) in [4.78, 5) is 45.6. The van der Waals surface area contributed by atoms with Crippen LogP contribution in [0.5, 0.6) is 0 Å². The van der Waals surface area contributed by atoms with E-state index in [9.17, 15) is 14.4 Å². The van der Waals surface area contributed by atoms with Gasteiger partial charge in [-0.05, 0) is 47.5 Å². The molecule has 0 spiro atoms. The summed E-state index contributed by atoms with van der Waals surface area (Å²) in [5, 5.41) is 8.86. The summed E-state index contributed by atoms with van der Waals surface area (Å²) in [6.45, 7) is 1.87. The van der Waals surface area contributed by atoms with Gasteiger partial charge in [0.2, 0.25) is 17.5 Å². The quantitative estimate of drug-likeness (QED) is 0.306. The maximum Gasteiger partial charge on any atom is 0.254 e. The number of H-pyrrole nitrogens is 1. The van der Waals surface area contributed by atoms with Gasteiger partial charge in [0, 0.05) is 19.8 Å². The van der Waals surface area contributed by atoms with Gasteiger partial charge in [0.25, 0.3) is 5.91 Å². The lowest BCUT2D eigenvalue weighted by atomic mass is 10.1. The zero-order valence-electron chi connectivity index (χ0n) is 19.6. The van der Waals surface area contributed by atoms with Crippen LogP contribution in [-0.4, -0.2) is 51.8 Å². The second kappa shape index (κ2) is 10.1. The van der Waals surface area contributed by atoms with E-state index in [1.807, 2.05) is 42.5 Å². The molecular weight excluding hydrogens is 466 g/mol. The molecule has 0 fully saturated rings. The largest absolute Gasteiger partial charge is 0.345 e. The molecule has 4 rings (SSSR count). The van der Waals surface area contributed by atoms with Gasteiger partial charge in [-0.1, -0.05) is 48.0 Å². The van der Waals surface area contributed by atoms with Crippen molar-refractivity contribution >= 4 is 45.7 Å². The minimum absolute atomic E-state index is 0.0407. The molecule has 0 aliphatic heterocycles. The van der Waals surface area contributed by atoms with Crippen molar-refractivity contribution in [1.82, 2.24) is 20.1 Å². The second-order valence-corrected chi connectivity index (χ2v) is 8.78. The minimum atomic E-state index is -0.499. The third-order valence-corrected chi connectivity index (χ3v) is 5.84. The van der Waals surface area contributed by atoms with E-state index in [4.69, 9.17) is 11.6 Å². The van der Waals surface area contributed by atoms with Gasteiger partial charge in [-0.15, -0.1) is 0 Å². The molecular formula is C26H24ClN5O3. The standard InChI is InChI=1S/C26H24ClN5O3/c1-16-28-25(30-29-16)23(33)14-24(34)32(15-17-8-9-18-6-4-5-7-19(18)12-17)20-10-11-22(27)21(13-20)26(35)31(2)3/h4-13H,14-15H2,1-3H3,(H,28,29,30). The van der Waals surface area contributed by atoms with E-state index in [1.54, 1.807) is 39.2 Å². The predicted molar refractivity (Wildman–Crippen MR) is 135 cm³/mol. The number of fused-ring (bicyclic) bond motifs is 1. The molecule has 3 aromatic carbocycles. The van der Waals surface area contributed by atoms with Gasteiger partial charge in [-0.25, -0.2) is 4.98 Å². The molecule has 35 heavy (non-hydrogen) atoms. The van der Waals surface area contributed by atoms with E-state index in [0.717, 1.165) is 16.3 Å². The van der Waals surface area contributed by atoms with Gasteiger partial charge in [0.1, 0.15) is 5.82 Å². The molecule has 178 valence electrons. The average Bonchev–Trinajstić information content (AvgIpc) is 3.28. The molecule has 1 heterocycles. The highest BCUT2D eigenvalue weighted by Gasteiger charge is 2.24. The van der Waals surface area contributed by atoms with Crippen LogP contribution >= 0.6 is 11.6 Å². The van der Waals surface area contributed by atoms with Gasteiger partial charge in [-0.2, -0.15) is 5.10 Å². The van der Waals surface area contributed by atoms with Crippen LogP contribution < -0.4 is 4.90 Å². The molecule has 9 heteroatoms. The van der Waals surface area contributed by atoms with Gasteiger partial charge in [0.15, 0.2) is 0 Å². The number of halogens is 1. The molecule has 0 atom stereocenters. The summed E-state index contributed by atoms with van der Waals surface area (Å²) in [7, 11) is 3.25. The number of nitrogens with one attached hydrogen (secondary N) is 1. The number of Topliss-reactive ketones (excluding diaryl/α,β-unsaturated/α-hetero) is 1. The molecule has 1 aromatic heterocycles. The normalized spacial score (nSPS) is 10.9. The summed E-state index contributed by atoms with van der Waals surface area (Å²) >= 11 is 6.29. The van der Waals surface area contributed by atoms with E-state index in [2.05, 4.69) is 15.2 Å². The number of rotatable bonds is 7. The van der Waals surface area contributed by atoms with Crippen LogP contribution in [0.4, 0.5) is 5.69 Å². The molecule has 2 amide bonds. The van der Waals surface area contributed by atoms with E-state index in [-0.39, 0.29) is 28.9 Å². The Hall–Kier alpha value is -4.04. The highest BCUT2D eigenvalue weighted by Crippen LogP contribution is 2.27. The Kier molecular flexibility index (Phi) is 6.93. The third-order valence-electron chi connectivity index (χ3n) is 5.51. The van der Waals surface area contributed by atoms with Crippen molar-refractivity contribution in [2.75, 3.05) is 19.0 Å². The van der Waals surface area contributed by atoms with Gasteiger partial charge in [-0.3, -0.25) is 19.5 Å². The smallest absolute Gasteiger partial charge is 0.254 e. The monoisotopic (exact) mass is 489 g/mol. The van der Waals surface area contributed by atoms with Crippen molar-refractivity contribution in [3.05, 3.63) is 88.5 Å². The van der Waals surface area contributed by atoms with Crippen molar-refractivity contribution in [3.8, 4) is 0 Å². The third kappa shape index (κ3) is 5.38. The number of carbonyl (C=O) groups excluding carboxylic acids is 3. The number of amides is 2. The van der Waals surface area contributed by atoms with Crippen molar-refractivity contribution < 1.29 is 14.4 Å². The van der Waals surface area contributed by atoms with Crippen LogP contribution in [0.15, 0.2) is 60.7 Å². The number of aromatic amines is 1. The Morgan fingerprint density at radius 1 is 0.971 bits per heavy atom. The molecule has 0 radical (unpaired) electrons. The van der Waals surface area contributed by atoms with E-state index in [1.165, 1.54) is 9.80 Å². The molecule has 8 nitrogen and oxygen atoms in total. The number of hydrogen-bond acceptors (Lipinski definition) is 5. The number of ketones is 1. The molecule has 4 aromatic rings. The van der Waals surface area contributed by atoms with Crippen LogP contribution in [0, 0.1) is 6.92 Å². The molecule has 0 aliphatic rings. The number of nitrogens with zero attached hydrogens (tertiary/aromatic N) is 4. The van der Waals surface area contributed by atoms with Crippen LogP contribution in [0.3, 0.4) is 0 Å². The number of aryl methyl sites for hydroxylation is 1. The molecule has 0 bridgehead atoms. The van der Waals surface area contributed by atoms with Gasteiger partial charge < -0.3 is 9.80 Å². The number of carbonyl (C=O) groups is 3. The Morgan fingerprint density at radius 2 is 1.71 bits per heavy atom. The Morgan fingerprint density at radius 3 is 2.40 bits per heavy atom. The number of aromatic nitrogens is 3. The summed E-state index contributed by atoms with van der Waals surface area (Å²) in [5.41, 5.74) is 1.59. The summed E-state index contributed by atoms with van der Waals surface area (Å²) in [5.74, 6) is -0.792. The van der Waals surface area contributed by atoms with Crippen LogP contribution in [-0.2, 0) is 11.3 Å². The molecule has 0 unspecified atom stereocenters. The van der Waals surface area contributed by atoms with E-state index >= 15 is 0 Å². The van der Waals surface area contributed by atoms with Crippen LogP contribution in [0.2, 0.25) is 5.02 Å². The number of benzene rings is 3. The first-order valence-corrected chi connectivity index (χ1v) is 11.3. The Bertz CT molecular complexity index is 1430. The minimum Gasteiger partial charge on any atom is -0.345 e. The zero-order valence-corrected chi connectivity index (χ0v) is 20.3. The van der Waals surface area contributed by atoms with Crippen molar-refractivity contribution in [1.29, 1.82) is 0 Å². The van der Waals surface area contributed by atoms with Crippen LogP contribution in [0.1, 0.15) is 38.8 Å². The highest BCUT2D eigenvalue weighted by atomic mass is 35.5. The van der Waals surface area contributed by atoms with Crippen LogP contribution in [0.25, 0.3) is 10.8 Å². The zero-order chi connectivity index (χ0) is 25.1. The lowest BCUT2D eigenvalue weighted by Crippen LogP contribution is -2.32. The molecule has 0 aliphatic carbocycles. The van der Waals surface area contributed by atoms with Crippen molar-refractivity contribution in [3.63, 3.8) is 0 Å². The Labute approximate surface area is 207 Å². The second-order valence-electron chi connectivity index (χ2n) is 8.37. The molecule has 0 saturated carbocycles. The van der Waals surface area contributed by atoms with Gasteiger partial charge >= 0.3 is 0 Å². The summed E-state index contributed by atoms with van der Waals surface area (Å²) < 4.78 is 0. The average molecular weight is 490 g/mol. The SMILES string of the molecule is Cc1nc(C(=O)CC(=O)N(Cc2ccc3ccccc3c2)c2ccc(Cl)c(C(=O)N(C)C)c2)n[nH]1. The first kappa shape index (κ1) is 24.1. The maximum absolute atomic E-state index is 13.4. The Balaban J connectivity index is 1.70. The fourth-order valence-corrected chi connectivity index (χ4v) is 3.91. The molecule has 0 saturated heterocycles. The van der Waals surface area contributed by atoms with E-state index < -0.39 is 18.1 Å². The van der Waals surface area contributed by atoms with Crippen molar-refractivity contribution in [2.45, 2.75) is 19.9 Å².